The molecule has 4 aromatic rings. The number of thiophene rings is 1. The van der Waals surface area contributed by atoms with Crippen molar-refractivity contribution < 1.29 is 14.6 Å². The number of rotatable bonds is 6. The Labute approximate surface area is 203 Å². The number of thioether (sulfide) groups is 1. The number of esters is 1. The predicted octanol–water partition coefficient (Wildman–Crippen LogP) is 4.47. The molecule has 34 heavy (non-hydrogen) atoms. The van der Waals surface area contributed by atoms with Gasteiger partial charge in [0.25, 0.3) is 5.56 Å². The maximum atomic E-state index is 13.3. The highest BCUT2D eigenvalue weighted by Gasteiger charge is 2.24. The number of aliphatic hydroxyl groups excluding tert-OH is 1. The van der Waals surface area contributed by atoms with Crippen molar-refractivity contribution in [3.05, 3.63) is 56.6 Å². The number of aromatic amines is 1. The Balaban J connectivity index is 1.52. The lowest BCUT2D eigenvalue weighted by Gasteiger charge is -2.12. The maximum absolute atomic E-state index is 13.3. The monoisotopic (exact) mass is 496 g/mol. The smallest absolute Gasteiger partial charge is 0.345 e. The van der Waals surface area contributed by atoms with Crippen LogP contribution in [0.5, 0.6) is 0 Å². The number of imidazole rings is 1. The van der Waals surface area contributed by atoms with Crippen LogP contribution in [0.15, 0.2) is 40.0 Å². The number of aryl methyl sites for hydroxylation is 2. The number of methoxy groups -OCH3 is 1. The molecular formula is C24H24N4O4S2. The topological polar surface area (TPSA) is 110 Å². The molecule has 1 aliphatic carbocycles. The van der Waals surface area contributed by atoms with E-state index in [9.17, 15) is 14.7 Å². The first-order chi connectivity index (χ1) is 16.5. The van der Waals surface area contributed by atoms with Gasteiger partial charge in [0.15, 0.2) is 5.16 Å². The fourth-order valence-electron chi connectivity index (χ4n) is 4.34. The Hall–Kier alpha value is -3.11. The van der Waals surface area contributed by atoms with Crippen LogP contribution in [0.2, 0.25) is 0 Å². The van der Waals surface area contributed by atoms with E-state index < -0.39 is 5.97 Å². The predicted molar refractivity (Wildman–Crippen MR) is 135 cm³/mol. The highest BCUT2D eigenvalue weighted by atomic mass is 32.2. The summed E-state index contributed by atoms with van der Waals surface area (Å²) in [5, 5.41) is 12.2. The van der Waals surface area contributed by atoms with E-state index in [2.05, 4.69) is 9.97 Å². The number of hydrogen-bond acceptors (Lipinski definition) is 8. The first-order valence-electron chi connectivity index (χ1n) is 11.1. The molecule has 5 rings (SSSR count). The van der Waals surface area contributed by atoms with Crippen molar-refractivity contribution >= 4 is 55.9 Å². The van der Waals surface area contributed by atoms with Crippen molar-refractivity contribution in [1.29, 1.82) is 0 Å². The number of carbonyl (C=O) groups is 1. The van der Waals surface area contributed by atoms with Crippen LogP contribution in [-0.2, 0) is 28.9 Å². The number of ether oxygens (including phenoxy) is 1. The van der Waals surface area contributed by atoms with Crippen molar-refractivity contribution in [2.45, 2.75) is 44.3 Å². The van der Waals surface area contributed by atoms with Crippen molar-refractivity contribution in [2.75, 3.05) is 12.9 Å². The molecule has 8 nitrogen and oxygen atoms in total. The largest absolute Gasteiger partial charge is 0.510 e. The van der Waals surface area contributed by atoms with Crippen LogP contribution in [0, 0.1) is 0 Å². The average molecular weight is 497 g/mol. The van der Waals surface area contributed by atoms with Crippen LogP contribution in [0.1, 0.15) is 36.0 Å². The van der Waals surface area contributed by atoms with E-state index in [1.54, 1.807) is 15.9 Å². The van der Waals surface area contributed by atoms with Gasteiger partial charge in [-0.05, 0) is 50.3 Å². The lowest BCUT2D eigenvalue weighted by molar-refractivity contribution is -0.133. The Morgan fingerprint density at radius 3 is 2.82 bits per heavy atom. The number of carbonyl (C=O) groups excluding carboxylic acids is 1. The van der Waals surface area contributed by atoms with E-state index in [4.69, 9.17) is 9.72 Å². The second kappa shape index (κ2) is 9.27. The molecule has 0 saturated carbocycles. The van der Waals surface area contributed by atoms with Crippen LogP contribution in [0.4, 0.5) is 0 Å². The Kier molecular flexibility index (Phi) is 6.18. The number of nitrogens with zero attached hydrogens (tertiary/aromatic N) is 3. The number of hydrogen-bond donors (Lipinski definition) is 2. The summed E-state index contributed by atoms with van der Waals surface area (Å²) < 4.78 is 6.55. The molecule has 0 spiro atoms. The van der Waals surface area contributed by atoms with Gasteiger partial charge < -0.3 is 14.8 Å². The van der Waals surface area contributed by atoms with E-state index in [1.807, 2.05) is 31.2 Å². The zero-order valence-corrected chi connectivity index (χ0v) is 20.5. The van der Waals surface area contributed by atoms with E-state index in [0.29, 0.717) is 17.2 Å². The van der Waals surface area contributed by atoms with Gasteiger partial charge in [0.1, 0.15) is 22.0 Å². The summed E-state index contributed by atoms with van der Waals surface area (Å²) in [6.45, 7) is 2.37. The molecule has 0 fully saturated rings. The fraction of sp³-hybridized carbons (Fsp3) is 0.333. The molecule has 0 unspecified atom stereocenters. The van der Waals surface area contributed by atoms with Crippen LogP contribution >= 0.6 is 23.1 Å². The van der Waals surface area contributed by atoms with Gasteiger partial charge in [0.2, 0.25) is 0 Å². The summed E-state index contributed by atoms with van der Waals surface area (Å²) in [6.07, 6.45) is 4.15. The highest BCUT2D eigenvalue weighted by Crippen LogP contribution is 2.35. The van der Waals surface area contributed by atoms with Crippen molar-refractivity contribution in [3.63, 3.8) is 0 Å². The number of H-pyrrole nitrogens is 1. The molecule has 176 valence electrons. The molecule has 10 heteroatoms. The van der Waals surface area contributed by atoms with Crippen molar-refractivity contribution in [2.24, 2.45) is 0 Å². The van der Waals surface area contributed by atoms with Gasteiger partial charge in [0.05, 0.1) is 29.3 Å². The molecule has 0 saturated heterocycles. The van der Waals surface area contributed by atoms with E-state index >= 15 is 0 Å². The average Bonchev–Trinajstić information content (AvgIpc) is 3.43. The van der Waals surface area contributed by atoms with Crippen molar-refractivity contribution in [1.82, 2.24) is 19.5 Å². The first kappa shape index (κ1) is 22.7. The Morgan fingerprint density at radius 2 is 2.06 bits per heavy atom. The molecule has 0 atom stereocenters. The number of para-hydroxylation sites is 2. The van der Waals surface area contributed by atoms with Gasteiger partial charge in [0, 0.05) is 11.4 Å². The van der Waals surface area contributed by atoms with Gasteiger partial charge in [-0.25, -0.2) is 14.8 Å². The minimum absolute atomic E-state index is 0.0323. The lowest BCUT2D eigenvalue weighted by atomic mass is 9.97. The van der Waals surface area contributed by atoms with Crippen LogP contribution in [0.25, 0.3) is 26.8 Å². The van der Waals surface area contributed by atoms with Gasteiger partial charge >= 0.3 is 5.97 Å². The standard InChI is InChI=1S/C24H24N4O4S2/c1-3-28-22(30)18-13-8-4-7-11-17(13)34-21(18)27-24(28)33-12-16(29)19(23(31)32-2)20-25-14-9-5-6-10-15(14)26-20/h5-6,9-10,29H,3-4,7-8,11-12H2,1-2H3,(H,25,26)/b19-16+. The van der Waals surface area contributed by atoms with Crippen LogP contribution < -0.4 is 5.56 Å². The third kappa shape index (κ3) is 3.90. The summed E-state index contributed by atoms with van der Waals surface area (Å²) in [5.41, 5.74) is 2.50. The number of fused-ring (bicyclic) bond motifs is 4. The van der Waals surface area contributed by atoms with Crippen LogP contribution in [0.3, 0.4) is 0 Å². The molecule has 2 N–H and O–H groups in total. The Morgan fingerprint density at radius 1 is 1.26 bits per heavy atom. The zero-order valence-electron chi connectivity index (χ0n) is 18.9. The van der Waals surface area contributed by atoms with E-state index in [-0.39, 0.29) is 28.5 Å². The molecular weight excluding hydrogens is 472 g/mol. The maximum Gasteiger partial charge on any atom is 0.345 e. The van der Waals surface area contributed by atoms with Crippen LogP contribution in [-0.4, -0.2) is 43.5 Å². The minimum Gasteiger partial charge on any atom is -0.510 e. The normalized spacial score (nSPS) is 14.3. The number of aliphatic hydroxyl groups is 1. The highest BCUT2D eigenvalue weighted by molar-refractivity contribution is 7.99. The first-order valence-corrected chi connectivity index (χ1v) is 13.0. The Bertz CT molecular complexity index is 1470. The summed E-state index contributed by atoms with van der Waals surface area (Å²) in [4.78, 5) is 40.1. The molecule has 1 aliphatic rings. The quantitative estimate of drug-likeness (QED) is 0.133. The summed E-state index contributed by atoms with van der Waals surface area (Å²) >= 11 is 2.81. The SMILES string of the molecule is CCn1c(SC/C(O)=C(\C(=O)OC)c2nc3ccccc3[nH]2)nc2sc3c(c2c1=O)CCCC3. The third-order valence-electron chi connectivity index (χ3n) is 6.00. The summed E-state index contributed by atoms with van der Waals surface area (Å²) in [7, 11) is 1.26. The second-order valence-corrected chi connectivity index (χ2v) is 10.1. The molecule has 0 radical (unpaired) electrons. The summed E-state index contributed by atoms with van der Waals surface area (Å²) in [6, 6.07) is 7.36. The van der Waals surface area contributed by atoms with Gasteiger partial charge in [-0.2, -0.15) is 0 Å². The van der Waals surface area contributed by atoms with Crippen molar-refractivity contribution in [3.8, 4) is 0 Å². The number of benzene rings is 1. The molecule has 0 aliphatic heterocycles. The zero-order chi connectivity index (χ0) is 23.8. The van der Waals surface area contributed by atoms with Gasteiger partial charge in [-0.3, -0.25) is 9.36 Å². The van der Waals surface area contributed by atoms with E-state index in [1.165, 1.54) is 23.7 Å². The fourth-order valence-corrected chi connectivity index (χ4v) is 6.58. The number of aromatic nitrogens is 4. The number of nitrogens with one attached hydrogen (secondary N) is 1. The molecule has 0 bridgehead atoms. The van der Waals surface area contributed by atoms with Gasteiger partial charge in [-0.1, -0.05) is 23.9 Å². The molecule has 1 aromatic carbocycles. The second-order valence-electron chi connectivity index (χ2n) is 8.04. The lowest BCUT2D eigenvalue weighted by Crippen LogP contribution is -2.23. The van der Waals surface area contributed by atoms with Gasteiger partial charge in [-0.15, -0.1) is 11.3 Å². The minimum atomic E-state index is -0.695. The third-order valence-corrected chi connectivity index (χ3v) is 8.17. The molecule has 3 aromatic heterocycles. The summed E-state index contributed by atoms with van der Waals surface area (Å²) in [5.74, 6) is -0.629. The van der Waals surface area contributed by atoms with E-state index in [0.717, 1.165) is 47.0 Å². The molecule has 0 amide bonds. The molecule has 3 heterocycles.